The van der Waals surface area contributed by atoms with Crippen LogP contribution in [0.15, 0.2) is 0 Å². The molecule has 2 fully saturated rings. The Bertz CT molecular complexity index is 224. The van der Waals surface area contributed by atoms with Gasteiger partial charge in [0.1, 0.15) is 0 Å². The van der Waals surface area contributed by atoms with Gasteiger partial charge in [0.15, 0.2) is 0 Å². The zero-order valence-electron chi connectivity index (χ0n) is 7.86. The maximum absolute atomic E-state index is 10.8. The number of hydrogen-bond acceptors (Lipinski definition) is 2. The van der Waals surface area contributed by atoms with Crippen molar-refractivity contribution in [1.82, 2.24) is 10.2 Å². The van der Waals surface area contributed by atoms with Gasteiger partial charge in [-0.1, -0.05) is 6.42 Å². The average Bonchev–Trinajstić information content (AvgIpc) is 2.12. The summed E-state index contributed by atoms with van der Waals surface area (Å²) in [7, 11) is 0. The number of hydrogen-bond donors (Lipinski definition) is 2. The van der Waals surface area contributed by atoms with Crippen molar-refractivity contribution < 1.29 is 11.3 Å². The van der Waals surface area contributed by atoms with Crippen LogP contribution in [0, 0.1) is 0 Å². The van der Waals surface area contributed by atoms with Gasteiger partial charge in [0.05, 0.1) is 1.37 Å². The molecule has 0 aliphatic carbocycles. The molecule has 68 valence electrons. The molecular weight excluding hydrogens is 156 g/mol. The van der Waals surface area contributed by atoms with E-state index in [-0.39, 0.29) is 12.1 Å². The highest BCUT2D eigenvalue weighted by Gasteiger charge is 2.31. The summed E-state index contributed by atoms with van der Waals surface area (Å²) < 4.78 is 7.72. The van der Waals surface area contributed by atoms with Gasteiger partial charge in [-0.2, -0.15) is 0 Å². The Morgan fingerprint density at radius 1 is 1.58 bits per heavy atom. The number of fused-ring (bicyclic) bond motifs is 2. The standard InChI is InChI=1S/C8H14N2O2/c11-8(12)10-4-6-2-1-3-7(5-10)9-6/h6-7,9H,1-5H2,(H,11,12)/t6-,7+/i4D/t4?,6-,7+/m1/s1. The first-order chi connectivity index (χ1) is 6.18. The van der Waals surface area contributed by atoms with Crippen molar-refractivity contribution >= 4 is 6.09 Å². The van der Waals surface area contributed by atoms with Crippen molar-refractivity contribution in [1.29, 1.82) is 0 Å². The van der Waals surface area contributed by atoms with E-state index in [4.69, 9.17) is 6.48 Å². The second-order valence-corrected chi connectivity index (χ2v) is 3.48. The van der Waals surface area contributed by atoms with Crippen LogP contribution in [-0.2, 0) is 0 Å². The molecule has 1 amide bonds. The molecule has 0 spiro atoms. The van der Waals surface area contributed by atoms with Gasteiger partial charge in [-0.25, -0.2) is 4.79 Å². The van der Waals surface area contributed by atoms with Gasteiger partial charge < -0.3 is 15.3 Å². The van der Waals surface area contributed by atoms with Crippen LogP contribution in [0.2, 0.25) is 0 Å². The highest BCUT2D eigenvalue weighted by Crippen LogP contribution is 2.19. The van der Waals surface area contributed by atoms with E-state index in [0.717, 1.165) is 19.3 Å². The summed E-state index contributed by atoms with van der Waals surface area (Å²) in [4.78, 5) is 12.0. The van der Waals surface area contributed by atoms with Gasteiger partial charge in [0, 0.05) is 25.1 Å². The van der Waals surface area contributed by atoms with Crippen molar-refractivity contribution in [3.63, 3.8) is 0 Å². The Kier molecular flexibility index (Phi) is 1.64. The molecule has 1 unspecified atom stereocenters. The van der Waals surface area contributed by atoms with E-state index in [2.05, 4.69) is 5.32 Å². The van der Waals surface area contributed by atoms with Crippen molar-refractivity contribution in [2.45, 2.75) is 31.3 Å². The second-order valence-electron chi connectivity index (χ2n) is 3.48. The normalized spacial score (nSPS) is 42.2. The molecule has 2 aliphatic rings. The highest BCUT2D eigenvalue weighted by atomic mass is 16.4. The molecule has 4 nitrogen and oxygen atoms in total. The van der Waals surface area contributed by atoms with Crippen molar-refractivity contribution in [3.8, 4) is 0 Å². The molecule has 2 bridgehead atoms. The molecule has 2 saturated heterocycles. The van der Waals surface area contributed by atoms with Crippen molar-refractivity contribution in [2.24, 2.45) is 0 Å². The smallest absolute Gasteiger partial charge is 0.407 e. The summed E-state index contributed by atoms with van der Waals surface area (Å²) in [6.45, 7) is -0.144. The number of piperidine rings is 1. The van der Waals surface area contributed by atoms with Crippen molar-refractivity contribution in [3.05, 3.63) is 0 Å². The minimum Gasteiger partial charge on any atom is -0.465 e. The summed E-state index contributed by atoms with van der Waals surface area (Å²) in [6.07, 6.45) is 2.12. The van der Waals surface area contributed by atoms with E-state index in [1.54, 1.807) is 0 Å². The molecule has 2 N–H and O–H groups in total. The Morgan fingerprint density at radius 3 is 3.08 bits per heavy atom. The molecule has 12 heavy (non-hydrogen) atoms. The molecular formula is C8H14N2O2. The van der Waals surface area contributed by atoms with Crippen LogP contribution >= 0.6 is 0 Å². The number of amides is 1. The largest absolute Gasteiger partial charge is 0.465 e. The van der Waals surface area contributed by atoms with Crippen LogP contribution in [0.1, 0.15) is 20.6 Å². The molecule has 4 heteroatoms. The number of piperazine rings is 1. The molecule has 0 aromatic carbocycles. The first kappa shape index (κ1) is 6.71. The number of carbonyl (C=O) groups is 1. The van der Waals surface area contributed by atoms with E-state index < -0.39 is 12.6 Å². The lowest BCUT2D eigenvalue weighted by Crippen LogP contribution is -2.59. The van der Waals surface area contributed by atoms with Crippen LogP contribution in [-0.4, -0.2) is 41.2 Å². The lowest BCUT2D eigenvalue weighted by Gasteiger charge is -2.41. The predicted molar refractivity (Wildman–Crippen MR) is 44.2 cm³/mol. The van der Waals surface area contributed by atoms with Gasteiger partial charge in [-0.05, 0) is 12.8 Å². The van der Waals surface area contributed by atoms with E-state index in [0.29, 0.717) is 6.54 Å². The van der Waals surface area contributed by atoms with Gasteiger partial charge in [0.25, 0.3) is 0 Å². The quantitative estimate of drug-likeness (QED) is 0.557. The van der Waals surface area contributed by atoms with E-state index in [1.807, 2.05) is 0 Å². The maximum atomic E-state index is 10.8. The topological polar surface area (TPSA) is 52.6 Å². The van der Waals surface area contributed by atoms with Gasteiger partial charge in [-0.15, -0.1) is 0 Å². The van der Waals surface area contributed by atoms with E-state index in [1.165, 1.54) is 4.90 Å². The van der Waals surface area contributed by atoms with Crippen LogP contribution < -0.4 is 5.32 Å². The van der Waals surface area contributed by atoms with Crippen LogP contribution in [0.4, 0.5) is 4.79 Å². The van der Waals surface area contributed by atoms with Crippen LogP contribution in [0.25, 0.3) is 0 Å². The lowest BCUT2D eigenvalue weighted by atomic mass is 9.94. The number of likely N-dealkylation sites (tertiary alicyclic amines) is 1. The van der Waals surface area contributed by atoms with Crippen LogP contribution in [0.5, 0.6) is 0 Å². The molecule has 2 aliphatic heterocycles. The Hall–Kier alpha value is -0.770. The van der Waals surface area contributed by atoms with E-state index >= 15 is 0 Å². The first-order valence-corrected chi connectivity index (χ1v) is 4.36. The van der Waals surface area contributed by atoms with Crippen LogP contribution in [0.3, 0.4) is 0 Å². The minimum absolute atomic E-state index is 0.0450. The van der Waals surface area contributed by atoms with Gasteiger partial charge in [0.2, 0.25) is 0 Å². The predicted octanol–water partition coefficient (Wildman–Crippen LogP) is 0.491. The molecule has 0 radical (unpaired) electrons. The van der Waals surface area contributed by atoms with Gasteiger partial charge >= 0.3 is 6.09 Å². The third-order valence-corrected chi connectivity index (χ3v) is 2.54. The molecule has 0 saturated carbocycles. The number of nitrogens with one attached hydrogen (secondary N) is 1. The molecule has 0 aromatic heterocycles. The van der Waals surface area contributed by atoms with Crippen molar-refractivity contribution in [2.75, 3.05) is 13.1 Å². The lowest BCUT2D eigenvalue weighted by molar-refractivity contribution is 0.0998. The second kappa shape index (κ2) is 2.94. The maximum Gasteiger partial charge on any atom is 0.407 e. The molecule has 2 heterocycles. The highest BCUT2D eigenvalue weighted by molar-refractivity contribution is 5.65. The first-order valence-electron chi connectivity index (χ1n) is 4.94. The summed E-state index contributed by atoms with van der Waals surface area (Å²) in [5.41, 5.74) is 0. The fraction of sp³-hybridized carbons (Fsp3) is 0.875. The number of nitrogens with zero attached hydrogens (tertiary/aromatic N) is 1. The Balaban J connectivity index is 2.10. The zero-order valence-corrected chi connectivity index (χ0v) is 6.86. The fourth-order valence-corrected chi connectivity index (χ4v) is 1.97. The molecule has 3 atom stereocenters. The summed E-state index contributed by atoms with van der Waals surface area (Å²) in [6, 6.07) is 0.319. The minimum atomic E-state index is -0.960. The Morgan fingerprint density at radius 2 is 2.33 bits per heavy atom. The molecule has 2 rings (SSSR count). The monoisotopic (exact) mass is 171 g/mol. The zero-order chi connectivity index (χ0) is 9.42. The van der Waals surface area contributed by atoms with E-state index in [9.17, 15) is 4.79 Å². The molecule has 0 aromatic rings. The fourth-order valence-electron chi connectivity index (χ4n) is 1.97. The number of rotatable bonds is 0. The third-order valence-electron chi connectivity index (χ3n) is 2.54. The summed E-state index contributed by atoms with van der Waals surface area (Å²) in [5, 5.41) is 12.1. The average molecular weight is 171 g/mol. The Labute approximate surface area is 73.0 Å². The summed E-state index contributed by atoms with van der Waals surface area (Å²) >= 11 is 0. The third kappa shape index (κ3) is 1.39. The number of carboxylic acid groups (broad SMARTS) is 1. The summed E-state index contributed by atoms with van der Waals surface area (Å²) in [5.74, 6) is 0. The van der Waals surface area contributed by atoms with Gasteiger partial charge in [-0.3, -0.25) is 0 Å². The SMILES string of the molecule is [2H]C1[C@H]2CCC[C@@H](CN1C(=O)O)N2.